The minimum atomic E-state index is 1.10. The summed E-state index contributed by atoms with van der Waals surface area (Å²) in [5.74, 6) is 2.21. The molecule has 0 heteroatoms. The molecule has 1 aliphatic carbocycles. The van der Waals surface area contributed by atoms with E-state index in [-0.39, 0.29) is 0 Å². The second kappa shape index (κ2) is 10.9. The largest absolute Gasteiger partial charge is 0.0654 e. The molecule has 1 aliphatic rings. The minimum absolute atomic E-state index is 1.10. The van der Waals surface area contributed by atoms with Gasteiger partial charge in [0.1, 0.15) is 0 Å². The summed E-state index contributed by atoms with van der Waals surface area (Å²) in [5, 5.41) is 0. The van der Waals surface area contributed by atoms with Gasteiger partial charge in [0.2, 0.25) is 0 Å². The lowest BCUT2D eigenvalue weighted by Gasteiger charge is -2.19. The van der Waals surface area contributed by atoms with E-state index in [9.17, 15) is 0 Å². The van der Waals surface area contributed by atoms with E-state index in [1.807, 2.05) is 0 Å². The fourth-order valence-corrected chi connectivity index (χ4v) is 3.72. The predicted octanol–water partition coefficient (Wildman–Crippen LogP) is 6.73. The highest BCUT2D eigenvalue weighted by Crippen LogP contribution is 2.38. The number of hydrogen-bond acceptors (Lipinski definition) is 0. The van der Waals surface area contributed by atoms with Crippen LogP contribution in [0.1, 0.15) is 104 Å². The lowest BCUT2D eigenvalue weighted by atomic mass is 9.87. The molecule has 108 valence electrons. The van der Waals surface area contributed by atoms with Crippen LogP contribution in [-0.4, -0.2) is 0 Å². The number of hydrogen-bond donors (Lipinski definition) is 0. The van der Waals surface area contributed by atoms with E-state index in [1.165, 1.54) is 64.2 Å². The smallest absolute Gasteiger partial charge is 0.0386 e. The van der Waals surface area contributed by atoms with Crippen molar-refractivity contribution in [2.45, 2.75) is 104 Å². The first-order chi connectivity index (χ1) is 8.88. The summed E-state index contributed by atoms with van der Waals surface area (Å²) in [6, 6.07) is 0. The van der Waals surface area contributed by atoms with Crippen LogP contribution in [-0.2, 0) is 0 Å². The molecule has 0 amide bonds. The molecular formula is C18H36. The lowest BCUT2D eigenvalue weighted by molar-refractivity contribution is 0.322. The third-order valence-corrected chi connectivity index (χ3v) is 4.92. The third kappa shape index (κ3) is 6.81. The van der Waals surface area contributed by atoms with Crippen LogP contribution in [0.15, 0.2) is 0 Å². The van der Waals surface area contributed by atoms with Crippen molar-refractivity contribution < 1.29 is 0 Å². The maximum absolute atomic E-state index is 2.31. The topological polar surface area (TPSA) is 0 Å². The van der Waals surface area contributed by atoms with E-state index >= 15 is 0 Å². The molecule has 1 saturated carbocycles. The third-order valence-electron chi connectivity index (χ3n) is 4.92. The van der Waals surface area contributed by atoms with Gasteiger partial charge in [-0.25, -0.2) is 0 Å². The molecule has 0 aromatic heterocycles. The second-order valence-corrected chi connectivity index (χ2v) is 6.50. The van der Waals surface area contributed by atoms with Gasteiger partial charge >= 0.3 is 0 Å². The average Bonchev–Trinajstić information content (AvgIpc) is 2.82. The zero-order chi connectivity index (χ0) is 13.1. The van der Waals surface area contributed by atoms with Crippen LogP contribution >= 0.6 is 0 Å². The normalized spacial score (nSPS) is 23.7. The standard InChI is InChI=1S/C18H36/c1-3-5-7-9-11-14-18-16-12-15-17(18)13-10-8-6-4-2/h17-18H,3-16H2,1-2H3. The Morgan fingerprint density at radius 2 is 1.06 bits per heavy atom. The van der Waals surface area contributed by atoms with Crippen molar-refractivity contribution in [3.8, 4) is 0 Å². The Hall–Kier alpha value is 0. The highest BCUT2D eigenvalue weighted by Gasteiger charge is 2.25. The van der Waals surface area contributed by atoms with E-state index in [0.717, 1.165) is 11.8 Å². The molecule has 0 aromatic rings. The molecule has 2 atom stereocenters. The van der Waals surface area contributed by atoms with Crippen LogP contribution in [0, 0.1) is 11.8 Å². The van der Waals surface area contributed by atoms with Crippen LogP contribution in [0.25, 0.3) is 0 Å². The molecule has 18 heavy (non-hydrogen) atoms. The highest BCUT2D eigenvalue weighted by molar-refractivity contribution is 4.77. The Morgan fingerprint density at radius 3 is 1.56 bits per heavy atom. The van der Waals surface area contributed by atoms with E-state index < -0.39 is 0 Å². The zero-order valence-electron chi connectivity index (χ0n) is 13.1. The Morgan fingerprint density at radius 1 is 0.611 bits per heavy atom. The molecule has 2 unspecified atom stereocenters. The van der Waals surface area contributed by atoms with Crippen LogP contribution in [0.5, 0.6) is 0 Å². The fraction of sp³-hybridized carbons (Fsp3) is 1.00. The van der Waals surface area contributed by atoms with Gasteiger partial charge in [-0.05, 0) is 11.8 Å². The van der Waals surface area contributed by atoms with Gasteiger partial charge in [0, 0.05) is 0 Å². The molecule has 0 saturated heterocycles. The summed E-state index contributed by atoms with van der Waals surface area (Å²) in [6.07, 6.45) is 20.8. The van der Waals surface area contributed by atoms with Crippen LogP contribution in [0.2, 0.25) is 0 Å². The van der Waals surface area contributed by atoms with Crippen molar-refractivity contribution in [1.82, 2.24) is 0 Å². The molecule has 0 bridgehead atoms. The van der Waals surface area contributed by atoms with Gasteiger partial charge in [-0.2, -0.15) is 0 Å². The van der Waals surface area contributed by atoms with Gasteiger partial charge in [0.25, 0.3) is 0 Å². The molecule has 1 rings (SSSR count). The van der Waals surface area contributed by atoms with Gasteiger partial charge in [-0.3, -0.25) is 0 Å². The Balaban J connectivity index is 2.03. The molecule has 0 N–H and O–H groups in total. The van der Waals surface area contributed by atoms with E-state index in [1.54, 1.807) is 25.7 Å². The van der Waals surface area contributed by atoms with Crippen LogP contribution in [0.4, 0.5) is 0 Å². The maximum Gasteiger partial charge on any atom is -0.0386 e. The van der Waals surface area contributed by atoms with Gasteiger partial charge in [-0.15, -0.1) is 0 Å². The summed E-state index contributed by atoms with van der Waals surface area (Å²) in [6.45, 7) is 4.62. The first-order valence-electron chi connectivity index (χ1n) is 8.88. The quantitative estimate of drug-likeness (QED) is 0.357. The molecule has 0 heterocycles. The molecule has 0 spiro atoms. The first-order valence-corrected chi connectivity index (χ1v) is 8.88. The monoisotopic (exact) mass is 252 g/mol. The van der Waals surface area contributed by atoms with Crippen LogP contribution < -0.4 is 0 Å². The summed E-state index contributed by atoms with van der Waals surface area (Å²) >= 11 is 0. The predicted molar refractivity (Wildman–Crippen MR) is 83.0 cm³/mol. The van der Waals surface area contributed by atoms with Gasteiger partial charge in [-0.1, -0.05) is 104 Å². The summed E-state index contributed by atoms with van der Waals surface area (Å²) in [5.41, 5.74) is 0. The number of unbranched alkanes of at least 4 members (excludes halogenated alkanes) is 7. The zero-order valence-corrected chi connectivity index (χ0v) is 13.1. The van der Waals surface area contributed by atoms with Crippen molar-refractivity contribution in [2.75, 3.05) is 0 Å². The maximum atomic E-state index is 2.31. The van der Waals surface area contributed by atoms with E-state index in [2.05, 4.69) is 13.8 Å². The molecule has 0 aliphatic heterocycles. The van der Waals surface area contributed by atoms with E-state index in [4.69, 9.17) is 0 Å². The molecular weight excluding hydrogens is 216 g/mol. The molecule has 0 aromatic carbocycles. The van der Waals surface area contributed by atoms with Gasteiger partial charge in [0.15, 0.2) is 0 Å². The van der Waals surface area contributed by atoms with Crippen molar-refractivity contribution in [1.29, 1.82) is 0 Å². The Bertz CT molecular complexity index is 173. The highest BCUT2D eigenvalue weighted by atomic mass is 14.3. The van der Waals surface area contributed by atoms with Crippen molar-refractivity contribution in [3.63, 3.8) is 0 Å². The van der Waals surface area contributed by atoms with Gasteiger partial charge in [0.05, 0.1) is 0 Å². The summed E-state index contributed by atoms with van der Waals surface area (Å²) in [4.78, 5) is 0. The summed E-state index contributed by atoms with van der Waals surface area (Å²) < 4.78 is 0. The van der Waals surface area contributed by atoms with E-state index in [0.29, 0.717) is 0 Å². The van der Waals surface area contributed by atoms with Crippen LogP contribution in [0.3, 0.4) is 0 Å². The van der Waals surface area contributed by atoms with Crippen molar-refractivity contribution in [2.24, 2.45) is 11.8 Å². The Labute approximate surface area is 116 Å². The van der Waals surface area contributed by atoms with Gasteiger partial charge < -0.3 is 0 Å². The first kappa shape index (κ1) is 16.1. The summed E-state index contributed by atoms with van der Waals surface area (Å²) in [7, 11) is 0. The number of rotatable bonds is 11. The average molecular weight is 252 g/mol. The minimum Gasteiger partial charge on any atom is -0.0654 e. The lowest BCUT2D eigenvalue weighted by Crippen LogP contribution is -2.08. The molecule has 0 nitrogen and oxygen atoms in total. The Kier molecular flexibility index (Phi) is 9.70. The van der Waals surface area contributed by atoms with Crippen molar-refractivity contribution in [3.05, 3.63) is 0 Å². The molecule has 1 fully saturated rings. The second-order valence-electron chi connectivity index (χ2n) is 6.50. The fourth-order valence-electron chi connectivity index (χ4n) is 3.72. The molecule has 0 radical (unpaired) electrons. The van der Waals surface area contributed by atoms with Crippen molar-refractivity contribution >= 4 is 0 Å². The SMILES string of the molecule is CCCCCCCC1CCCC1CCCCCC.